The van der Waals surface area contributed by atoms with E-state index in [0.717, 1.165) is 24.0 Å². The highest BCUT2D eigenvalue weighted by Crippen LogP contribution is 2.20. The molecule has 1 aliphatic heterocycles. The van der Waals surface area contributed by atoms with E-state index in [-0.39, 0.29) is 12.1 Å². The van der Waals surface area contributed by atoms with Gasteiger partial charge >= 0.3 is 5.97 Å². The number of benzene rings is 1. The Morgan fingerprint density at radius 1 is 1.28 bits per heavy atom. The van der Waals surface area contributed by atoms with Crippen LogP contribution < -0.4 is 5.73 Å². The molecule has 1 heterocycles. The first kappa shape index (κ1) is 12.9. The molecule has 0 unspecified atom stereocenters. The molecule has 0 spiro atoms. The highest BCUT2D eigenvalue weighted by atomic mass is 16.6. The zero-order valence-corrected chi connectivity index (χ0v) is 10.9. The molecule has 0 bridgehead atoms. The van der Waals surface area contributed by atoms with Gasteiger partial charge in [0.2, 0.25) is 0 Å². The Hall–Kier alpha value is -1.55. The van der Waals surface area contributed by atoms with Crippen LogP contribution in [0.15, 0.2) is 12.1 Å². The van der Waals surface area contributed by atoms with Crippen LogP contribution in [0.25, 0.3) is 0 Å². The topological polar surface area (TPSA) is 61.5 Å². The van der Waals surface area contributed by atoms with Crippen molar-refractivity contribution < 1.29 is 14.3 Å². The fraction of sp³-hybridized carbons (Fsp3) is 0.500. The van der Waals surface area contributed by atoms with E-state index in [4.69, 9.17) is 15.2 Å². The van der Waals surface area contributed by atoms with Crippen molar-refractivity contribution in [2.75, 3.05) is 18.9 Å². The summed E-state index contributed by atoms with van der Waals surface area (Å²) in [6.07, 6.45) is 1.51. The number of aryl methyl sites for hydroxylation is 2. The van der Waals surface area contributed by atoms with Crippen molar-refractivity contribution in [1.82, 2.24) is 0 Å². The van der Waals surface area contributed by atoms with Gasteiger partial charge in [0.05, 0.1) is 18.8 Å². The third-order valence-electron chi connectivity index (χ3n) is 3.27. The van der Waals surface area contributed by atoms with Crippen LogP contribution in [0.3, 0.4) is 0 Å². The highest BCUT2D eigenvalue weighted by molar-refractivity contribution is 5.92. The number of esters is 1. The molecule has 0 aromatic heterocycles. The van der Waals surface area contributed by atoms with Gasteiger partial charge in [0, 0.05) is 18.5 Å². The first-order valence-electron chi connectivity index (χ1n) is 6.23. The normalized spacial score (nSPS) is 16.6. The van der Waals surface area contributed by atoms with Gasteiger partial charge in [-0.15, -0.1) is 0 Å². The van der Waals surface area contributed by atoms with Crippen LogP contribution in [0.2, 0.25) is 0 Å². The Morgan fingerprint density at radius 3 is 2.61 bits per heavy atom. The predicted octanol–water partition coefficient (Wildman–Crippen LogP) is 2.22. The lowest BCUT2D eigenvalue weighted by molar-refractivity contribution is -0.0159. The van der Waals surface area contributed by atoms with E-state index in [1.807, 2.05) is 19.9 Å². The van der Waals surface area contributed by atoms with E-state index in [1.54, 1.807) is 6.07 Å². The Labute approximate surface area is 107 Å². The van der Waals surface area contributed by atoms with Crippen molar-refractivity contribution in [3.8, 4) is 0 Å². The van der Waals surface area contributed by atoms with Crippen LogP contribution in [0.4, 0.5) is 5.69 Å². The highest BCUT2D eigenvalue weighted by Gasteiger charge is 2.20. The largest absolute Gasteiger partial charge is 0.459 e. The summed E-state index contributed by atoms with van der Waals surface area (Å²) in [7, 11) is 0. The molecule has 1 saturated heterocycles. The fourth-order valence-corrected chi connectivity index (χ4v) is 2.10. The summed E-state index contributed by atoms with van der Waals surface area (Å²) >= 11 is 0. The van der Waals surface area contributed by atoms with Gasteiger partial charge in [-0.2, -0.15) is 0 Å². The average Bonchev–Trinajstić information content (AvgIpc) is 2.35. The van der Waals surface area contributed by atoms with Crippen molar-refractivity contribution in [3.63, 3.8) is 0 Å². The van der Waals surface area contributed by atoms with E-state index < -0.39 is 0 Å². The smallest absolute Gasteiger partial charge is 0.338 e. The van der Waals surface area contributed by atoms with E-state index in [0.29, 0.717) is 24.5 Å². The fourth-order valence-electron chi connectivity index (χ4n) is 2.10. The second kappa shape index (κ2) is 5.40. The quantitative estimate of drug-likeness (QED) is 0.645. The van der Waals surface area contributed by atoms with E-state index in [1.165, 1.54) is 0 Å². The molecule has 1 aromatic rings. The lowest BCUT2D eigenvalue weighted by Gasteiger charge is -2.22. The van der Waals surface area contributed by atoms with Crippen LogP contribution in [-0.4, -0.2) is 25.3 Å². The third kappa shape index (κ3) is 2.82. The van der Waals surface area contributed by atoms with Crippen LogP contribution in [-0.2, 0) is 9.47 Å². The van der Waals surface area contributed by atoms with Gasteiger partial charge < -0.3 is 15.2 Å². The lowest BCUT2D eigenvalue weighted by atomic mass is 10.0. The zero-order chi connectivity index (χ0) is 13.1. The molecule has 1 fully saturated rings. The number of anilines is 1. The lowest BCUT2D eigenvalue weighted by Crippen LogP contribution is -2.26. The predicted molar refractivity (Wildman–Crippen MR) is 69.6 cm³/mol. The average molecular weight is 249 g/mol. The Morgan fingerprint density at radius 2 is 1.94 bits per heavy atom. The van der Waals surface area contributed by atoms with Gasteiger partial charge in [-0.1, -0.05) is 6.07 Å². The molecule has 98 valence electrons. The molecule has 0 amide bonds. The van der Waals surface area contributed by atoms with E-state index in [2.05, 4.69) is 0 Å². The molecule has 1 aromatic carbocycles. The van der Waals surface area contributed by atoms with Gasteiger partial charge in [-0.05, 0) is 31.0 Å². The molecule has 1 aliphatic rings. The van der Waals surface area contributed by atoms with Gasteiger partial charge in [-0.3, -0.25) is 0 Å². The summed E-state index contributed by atoms with van der Waals surface area (Å²) in [5.41, 5.74) is 8.90. The number of nitrogens with two attached hydrogens (primary N) is 1. The molecule has 18 heavy (non-hydrogen) atoms. The van der Waals surface area contributed by atoms with Crippen molar-refractivity contribution in [3.05, 3.63) is 28.8 Å². The molecule has 4 nitrogen and oxygen atoms in total. The van der Waals surface area contributed by atoms with E-state index >= 15 is 0 Å². The number of rotatable bonds is 2. The maximum absolute atomic E-state index is 12.1. The second-order valence-corrected chi connectivity index (χ2v) is 4.74. The van der Waals surface area contributed by atoms with Crippen LogP contribution in [0, 0.1) is 13.8 Å². The maximum atomic E-state index is 12.1. The molecule has 2 N–H and O–H groups in total. The molecule has 4 heteroatoms. The SMILES string of the molecule is Cc1cc(C)c(C(=O)OC2CCOCC2)cc1N. The summed E-state index contributed by atoms with van der Waals surface area (Å²) in [6.45, 7) is 5.14. The second-order valence-electron chi connectivity index (χ2n) is 4.74. The minimum Gasteiger partial charge on any atom is -0.459 e. The number of carbonyl (C=O) groups is 1. The number of hydrogen-bond donors (Lipinski definition) is 1. The number of ether oxygens (including phenoxy) is 2. The number of carbonyl (C=O) groups excluding carboxylic acids is 1. The van der Waals surface area contributed by atoms with Gasteiger partial charge in [0.25, 0.3) is 0 Å². The Bertz CT molecular complexity index is 451. The first-order chi connectivity index (χ1) is 8.58. The summed E-state index contributed by atoms with van der Waals surface area (Å²) < 4.78 is 10.7. The Balaban J connectivity index is 2.10. The standard InChI is InChI=1S/C14H19NO3/c1-9-7-10(2)13(15)8-12(9)14(16)18-11-3-5-17-6-4-11/h7-8,11H,3-6,15H2,1-2H3. The molecule has 0 saturated carbocycles. The van der Waals surface area contributed by atoms with Crippen molar-refractivity contribution in [1.29, 1.82) is 0 Å². The zero-order valence-electron chi connectivity index (χ0n) is 10.9. The minimum atomic E-state index is -0.286. The monoisotopic (exact) mass is 249 g/mol. The summed E-state index contributed by atoms with van der Waals surface area (Å²) in [5, 5.41) is 0. The van der Waals surface area contributed by atoms with Crippen LogP contribution in [0.5, 0.6) is 0 Å². The first-order valence-corrected chi connectivity index (χ1v) is 6.23. The summed E-state index contributed by atoms with van der Waals surface area (Å²) in [5.74, 6) is -0.286. The van der Waals surface area contributed by atoms with E-state index in [9.17, 15) is 4.79 Å². The van der Waals surface area contributed by atoms with Crippen LogP contribution in [0.1, 0.15) is 34.3 Å². The van der Waals surface area contributed by atoms with Gasteiger partial charge in [-0.25, -0.2) is 4.79 Å². The van der Waals surface area contributed by atoms with Gasteiger partial charge in [0.1, 0.15) is 6.10 Å². The molecular formula is C14H19NO3. The molecule has 0 aliphatic carbocycles. The van der Waals surface area contributed by atoms with Gasteiger partial charge in [0.15, 0.2) is 0 Å². The van der Waals surface area contributed by atoms with Crippen molar-refractivity contribution in [2.45, 2.75) is 32.8 Å². The molecule has 0 radical (unpaired) electrons. The Kier molecular flexibility index (Phi) is 3.87. The maximum Gasteiger partial charge on any atom is 0.338 e. The van der Waals surface area contributed by atoms with Crippen molar-refractivity contribution >= 4 is 11.7 Å². The third-order valence-corrected chi connectivity index (χ3v) is 3.27. The molecular weight excluding hydrogens is 230 g/mol. The molecule has 0 atom stereocenters. The summed E-state index contributed by atoms with van der Waals surface area (Å²) in [6, 6.07) is 3.61. The van der Waals surface area contributed by atoms with Crippen molar-refractivity contribution in [2.24, 2.45) is 0 Å². The number of nitrogen functional groups attached to an aromatic ring is 1. The van der Waals surface area contributed by atoms with Crippen LogP contribution >= 0.6 is 0 Å². The molecule has 2 rings (SSSR count). The minimum absolute atomic E-state index is 0.0341. The number of hydrogen-bond acceptors (Lipinski definition) is 4. The summed E-state index contributed by atoms with van der Waals surface area (Å²) in [4.78, 5) is 12.1.